The highest BCUT2D eigenvalue weighted by Gasteiger charge is 2.52. The number of methoxy groups -OCH3 is 1. The van der Waals surface area contributed by atoms with Crippen LogP contribution in [0.1, 0.15) is 93.1 Å². The number of cyclic esters (lactones) is 1. The van der Waals surface area contributed by atoms with Gasteiger partial charge in [0.25, 0.3) is 0 Å². The van der Waals surface area contributed by atoms with Crippen LogP contribution < -0.4 is 0 Å². The van der Waals surface area contributed by atoms with E-state index in [2.05, 4.69) is 11.1 Å². The van der Waals surface area contributed by atoms with Crippen molar-refractivity contribution in [1.82, 2.24) is 9.88 Å². The number of carbonyl (C=O) groups excluding carboxylic acids is 3. The SMILES string of the molecule is CC[C@@H]1OC(=O)[C@H](C)C(=O)[C@H](C)[C@@H](O[C@@H]2O[C@H](C)C[C@H](N(C)C)[C@H]2O)[C@@](C)(OC)C[C@@H](C)C(=O)[C@@H](C)C(OCCCCc2ccnc3ccccc23)[C@]1(C)O. The number of Topliss-reactive ketones (excluding diaryl/α,β-unsaturated/α-hetero) is 2. The molecule has 3 heterocycles. The third-order valence-electron chi connectivity index (χ3n) is 12.1. The summed E-state index contributed by atoms with van der Waals surface area (Å²) in [5.74, 6) is -5.06. The molecule has 2 aromatic rings. The van der Waals surface area contributed by atoms with E-state index in [1.165, 1.54) is 26.5 Å². The first-order valence-electron chi connectivity index (χ1n) is 20.0. The Kier molecular flexibility index (Phi) is 15.6. The highest BCUT2D eigenvalue weighted by Crippen LogP contribution is 2.39. The summed E-state index contributed by atoms with van der Waals surface area (Å²) in [6.07, 6.45) is -0.538. The van der Waals surface area contributed by atoms with Crippen molar-refractivity contribution in [3.63, 3.8) is 0 Å². The zero-order chi connectivity index (χ0) is 40.8. The zero-order valence-electron chi connectivity index (χ0n) is 34.8. The number of esters is 1. The molecule has 1 aromatic heterocycles. The van der Waals surface area contributed by atoms with Gasteiger partial charge in [-0.2, -0.15) is 0 Å². The first-order chi connectivity index (χ1) is 25.9. The Bertz CT molecular complexity index is 1590. The number of ketones is 2. The predicted octanol–water partition coefficient (Wildman–Crippen LogP) is 5.32. The second-order valence-corrected chi connectivity index (χ2v) is 16.7. The van der Waals surface area contributed by atoms with Gasteiger partial charge >= 0.3 is 5.97 Å². The Hall–Kier alpha value is -2.84. The molecule has 0 bridgehead atoms. The Morgan fingerprint density at radius 3 is 2.29 bits per heavy atom. The number of ether oxygens (including phenoxy) is 5. The molecule has 4 rings (SSSR count). The number of likely N-dealkylation sites (N-methyl/N-ethyl adjacent to an activating group) is 1. The van der Waals surface area contributed by atoms with Crippen LogP contribution in [-0.4, -0.2) is 119 Å². The largest absolute Gasteiger partial charge is 0.459 e. The fourth-order valence-electron chi connectivity index (χ4n) is 8.73. The monoisotopic (exact) mass is 770 g/mol. The van der Waals surface area contributed by atoms with E-state index >= 15 is 0 Å². The quantitative estimate of drug-likeness (QED) is 0.173. The fourth-order valence-corrected chi connectivity index (χ4v) is 8.73. The number of aryl methyl sites for hydroxylation is 1. The van der Waals surface area contributed by atoms with E-state index in [1.807, 2.05) is 56.4 Å². The van der Waals surface area contributed by atoms with Crippen LogP contribution in [0.15, 0.2) is 36.5 Å². The number of pyridine rings is 1. The van der Waals surface area contributed by atoms with Gasteiger partial charge in [0.15, 0.2) is 12.1 Å². The van der Waals surface area contributed by atoms with E-state index in [0.29, 0.717) is 12.8 Å². The highest BCUT2D eigenvalue weighted by atomic mass is 16.7. The topological polar surface area (TPSA) is 154 Å². The van der Waals surface area contributed by atoms with Gasteiger partial charge in [-0.3, -0.25) is 19.4 Å². The van der Waals surface area contributed by atoms with Gasteiger partial charge in [-0.05, 0) is 98.0 Å². The van der Waals surface area contributed by atoms with Gasteiger partial charge in [0.1, 0.15) is 29.5 Å². The third kappa shape index (κ3) is 10.2. The van der Waals surface area contributed by atoms with Crippen LogP contribution in [0.4, 0.5) is 0 Å². The number of hydrogen-bond donors (Lipinski definition) is 2. The van der Waals surface area contributed by atoms with Crippen LogP contribution in [0.3, 0.4) is 0 Å². The molecule has 13 atom stereocenters. The third-order valence-corrected chi connectivity index (χ3v) is 12.1. The second kappa shape index (κ2) is 19.1. The van der Waals surface area contributed by atoms with Crippen LogP contribution in [0, 0.1) is 23.7 Å². The number of aliphatic hydroxyl groups excluding tert-OH is 1. The maximum atomic E-state index is 14.4. The lowest BCUT2D eigenvalue weighted by molar-refractivity contribution is -0.295. The number of aromatic nitrogens is 1. The van der Waals surface area contributed by atoms with E-state index in [0.717, 1.165) is 23.7 Å². The van der Waals surface area contributed by atoms with Crippen molar-refractivity contribution in [1.29, 1.82) is 0 Å². The molecule has 308 valence electrons. The second-order valence-electron chi connectivity index (χ2n) is 16.7. The molecule has 2 aliphatic heterocycles. The molecule has 1 aromatic carbocycles. The number of rotatable bonds is 11. The first-order valence-corrected chi connectivity index (χ1v) is 20.0. The summed E-state index contributed by atoms with van der Waals surface area (Å²) < 4.78 is 31.2. The molecule has 0 spiro atoms. The number of carbonyl (C=O) groups is 3. The van der Waals surface area contributed by atoms with Gasteiger partial charge in [0, 0.05) is 49.1 Å². The van der Waals surface area contributed by atoms with Gasteiger partial charge in [-0.1, -0.05) is 45.9 Å². The number of aliphatic hydroxyl groups is 2. The molecule has 0 radical (unpaired) electrons. The van der Waals surface area contributed by atoms with Crippen molar-refractivity contribution in [3.05, 3.63) is 42.1 Å². The molecule has 12 heteroatoms. The molecule has 0 saturated carbocycles. The van der Waals surface area contributed by atoms with E-state index in [4.69, 9.17) is 23.7 Å². The average Bonchev–Trinajstić information content (AvgIpc) is 3.16. The van der Waals surface area contributed by atoms with E-state index in [-0.39, 0.29) is 37.4 Å². The molecular formula is C43H66N2O10. The summed E-state index contributed by atoms with van der Waals surface area (Å²) in [5, 5.41) is 24.7. The van der Waals surface area contributed by atoms with Gasteiger partial charge in [0.2, 0.25) is 0 Å². The van der Waals surface area contributed by atoms with Gasteiger partial charge in [0.05, 0.1) is 29.4 Å². The first kappa shape index (κ1) is 44.9. The van der Waals surface area contributed by atoms with Crippen LogP contribution in [0.5, 0.6) is 0 Å². The van der Waals surface area contributed by atoms with Crippen molar-refractivity contribution in [2.45, 2.75) is 148 Å². The van der Waals surface area contributed by atoms with Gasteiger partial charge < -0.3 is 38.8 Å². The van der Waals surface area contributed by atoms with E-state index in [9.17, 15) is 24.6 Å². The highest BCUT2D eigenvalue weighted by molar-refractivity contribution is 6.00. The van der Waals surface area contributed by atoms with Crippen LogP contribution in [0.25, 0.3) is 10.9 Å². The lowest BCUT2D eigenvalue weighted by atomic mass is 9.74. The maximum Gasteiger partial charge on any atom is 0.316 e. The van der Waals surface area contributed by atoms with E-state index < -0.39 is 77.3 Å². The maximum absolute atomic E-state index is 14.4. The minimum atomic E-state index is -1.77. The molecule has 2 aliphatic rings. The Balaban J connectivity index is 1.63. The minimum absolute atomic E-state index is 0.134. The summed E-state index contributed by atoms with van der Waals surface area (Å²) in [5.41, 5.74) is -0.904. The number of benzene rings is 1. The molecule has 1 unspecified atom stereocenters. The number of para-hydroxylation sites is 1. The molecule has 2 N–H and O–H groups in total. The van der Waals surface area contributed by atoms with Crippen LogP contribution in [0.2, 0.25) is 0 Å². The molecule has 12 nitrogen and oxygen atoms in total. The van der Waals surface area contributed by atoms with Crippen LogP contribution >= 0.6 is 0 Å². The van der Waals surface area contributed by atoms with Crippen LogP contribution in [-0.2, 0) is 44.5 Å². The smallest absolute Gasteiger partial charge is 0.316 e. The Labute approximate surface area is 327 Å². The fraction of sp³-hybridized carbons (Fsp3) is 0.721. The molecule has 2 saturated heterocycles. The van der Waals surface area contributed by atoms with Crippen molar-refractivity contribution in [3.8, 4) is 0 Å². The van der Waals surface area contributed by atoms with E-state index in [1.54, 1.807) is 34.6 Å². The van der Waals surface area contributed by atoms with Crippen molar-refractivity contribution >= 4 is 28.4 Å². The Morgan fingerprint density at radius 2 is 1.64 bits per heavy atom. The number of unbranched alkanes of at least 4 members (excludes halogenated alkanes) is 1. The van der Waals surface area contributed by atoms with Gasteiger partial charge in [-0.25, -0.2) is 0 Å². The molecule has 0 amide bonds. The number of hydrogen-bond acceptors (Lipinski definition) is 12. The summed E-state index contributed by atoms with van der Waals surface area (Å²) in [4.78, 5) is 48.8. The predicted molar refractivity (Wildman–Crippen MR) is 209 cm³/mol. The number of fused-ring (bicyclic) bond motifs is 1. The Morgan fingerprint density at radius 1 is 0.964 bits per heavy atom. The molecule has 0 aliphatic carbocycles. The summed E-state index contributed by atoms with van der Waals surface area (Å²) in [7, 11) is 5.25. The van der Waals surface area contributed by atoms with Crippen molar-refractivity contribution in [2.75, 3.05) is 27.8 Å². The summed E-state index contributed by atoms with van der Waals surface area (Å²) >= 11 is 0. The standard InChI is InChI=1S/C43H66N2O10/c1-12-34-43(8,50)39(52-22-16-15-17-30-20-21-44-32-19-14-13-18-31(30)32)27(4)35(46)25(2)24-42(7,51-11)38(28(5)36(47)29(6)40(49)54-34)55-41-37(48)33(45(9)10)23-26(3)53-41/h13-14,18-21,25-29,33-34,37-39,41,48,50H,12,15-17,22-24H2,1-11H3/t25-,26-,27-,28+,29-,33+,34+,37-,38-,39?,41+,42+,43-/m1/s1. The minimum Gasteiger partial charge on any atom is -0.459 e. The number of nitrogens with zero attached hydrogens (tertiary/aromatic N) is 2. The lowest BCUT2D eigenvalue weighted by Crippen LogP contribution is -2.60. The summed E-state index contributed by atoms with van der Waals surface area (Å²) in [6, 6.07) is 9.77. The zero-order valence-corrected chi connectivity index (χ0v) is 34.8. The molecular weight excluding hydrogens is 704 g/mol. The average molecular weight is 771 g/mol. The van der Waals surface area contributed by atoms with Gasteiger partial charge in [-0.15, -0.1) is 0 Å². The summed E-state index contributed by atoms with van der Waals surface area (Å²) in [6.45, 7) is 13.9. The molecule has 2 fully saturated rings. The molecule has 55 heavy (non-hydrogen) atoms. The van der Waals surface area contributed by atoms with Crippen molar-refractivity contribution < 1.29 is 48.3 Å². The van der Waals surface area contributed by atoms with Crippen molar-refractivity contribution in [2.24, 2.45) is 23.7 Å². The normalized spacial score (nSPS) is 37.2. The lowest BCUT2D eigenvalue weighted by Gasteiger charge is -2.47.